The summed E-state index contributed by atoms with van der Waals surface area (Å²) < 4.78 is 15.5. The number of carbonyl (C=O) groups is 1. The Morgan fingerprint density at radius 3 is 2.79 bits per heavy atom. The molecule has 13 heteroatoms. The molecule has 0 unspecified atom stereocenters. The number of hydrogen-bond donors (Lipinski definition) is 1. The second-order valence-corrected chi connectivity index (χ2v) is 9.38. The summed E-state index contributed by atoms with van der Waals surface area (Å²) >= 11 is 7.83. The Hall–Kier alpha value is -3.77. The maximum atomic E-state index is 14.0. The number of anilines is 1. The van der Waals surface area contributed by atoms with Crippen LogP contribution in [0.3, 0.4) is 0 Å². The third kappa shape index (κ3) is 3.17. The number of amides is 1. The number of hydrogen-bond acceptors (Lipinski definition) is 8. The minimum atomic E-state index is -0.632. The molecule has 6 rings (SSSR count). The minimum Gasteiger partial charge on any atom is -0.324 e. The number of fused-ring (bicyclic) bond motifs is 3. The number of nitrogens with one attached hydrogen (secondary N) is 1. The molecule has 1 N–H and O–H groups in total. The zero-order chi connectivity index (χ0) is 23.4. The number of aromatic nitrogens is 8. The van der Waals surface area contributed by atoms with Crippen molar-refractivity contribution in [2.75, 3.05) is 5.32 Å². The van der Waals surface area contributed by atoms with Crippen molar-refractivity contribution in [2.45, 2.75) is 24.7 Å². The van der Waals surface area contributed by atoms with Crippen LogP contribution in [0.5, 0.6) is 0 Å². The van der Waals surface area contributed by atoms with Gasteiger partial charge in [0.2, 0.25) is 11.9 Å². The number of rotatable bonds is 4. The third-order valence-corrected chi connectivity index (χ3v) is 7.30. The van der Waals surface area contributed by atoms with Gasteiger partial charge in [0.05, 0.1) is 46.4 Å². The lowest BCUT2D eigenvalue weighted by Crippen LogP contribution is -2.24. The van der Waals surface area contributed by atoms with E-state index in [0.717, 1.165) is 10.6 Å². The van der Waals surface area contributed by atoms with Crippen LogP contribution in [0.4, 0.5) is 10.1 Å². The predicted molar refractivity (Wildman–Crippen MR) is 122 cm³/mol. The first kappa shape index (κ1) is 20.8. The minimum absolute atomic E-state index is 0.258. The maximum Gasteiger partial charge on any atom is 0.235 e. The highest BCUT2D eigenvalue weighted by Crippen LogP contribution is 2.50. The van der Waals surface area contributed by atoms with Crippen LogP contribution in [0.25, 0.3) is 11.5 Å². The second kappa shape index (κ2) is 7.64. The number of thiazole rings is 1. The topological polar surface area (TPSA) is 116 Å². The molecular weight excluding hydrogens is 481 g/mol. The van der Waals surface area contributed by atoms with E-state index in [2.05, 4.69) is 35.6 Å². The van der Waals surface area contributed by atoms with Gasteiger partial charge < -0.3 is 5.32 Å². The van der Waals surface area contributed by atoms with Gasteiger partial charge in [-0.05, 0) is 19.4 Å². The lowest BCUT2D eigenvalue weighted by molar-refractivity contribution is -0.117. The third-order valence-electron chi connectivity index (χ3n) is 5.98. The molecule has 0 aliphatic heterocycles. The molecule has 0 bridgehead atoms. The van der Waals surface area contributed by atoms with E-state index in [1.807, 2.05) is 6.92 Å². The number of halogens is 2. The normalized spacial score (nSPS) is 19.4. The van der Waals surface area contributed by atoms with Crippen LogP contribution in [0, 0.1) is 5.95 Å². The lowest BCUT2D eigenvalue weighted by atomic mass is 9.85. The van der Waals surface area contributed by atoms with Crippen LogP contribution >= 0.6 is 22.9 Å². The van der Waals surface area contributed by atoms with Crippen molar-refractivity contribution >= 4 is 40.2 Å². The molecule has 0 fully saturated rings. The van der Waals surface area contributed by atoms with Crippen molar-refractivity contribution in [3.63, 3.8) is 0 Å². The largest absolute Gasteiger partial charge is 0.324 e. The molecular formula is C21H15ClFN9OS. The van der Waals surface area contributed by atoms with Gasteiger partial charge in [0.15, 0.2) is 11.5 Å². The van der Waals surface area contributed by atoms with E-state index in [1.165, 1.54) is 45.3 Å². The van der Waals surface area contributed by atoms with Gasteiger partial charge in [-0.1, -0.05) is 11.6 Å². The van der Waals surface area contributed by atoms with Crippen molar-refractivity contribution in [1.82, 2.24) is 39.6 Å². The molecule has 170 valence electrons. The van der Waals surface area contributed by atoms with Crippen molar-refractivity contribution in [2.24, 2.45) is 0 Å². The van der Waals surface area contributed by atoms with E-state index < -0.39 is 17.3 Å². The van der Waals surface area contributed by atoms with Crippen LogP contribution in [0.1, 0.15) is 35.4 Å². The summed E-state index contributed by atoms with van der Waals surface area (Å²) in [4.78, 5) is 28.5. The standard InChI is InChI=1S/C21H15ClFN9OS/c1-21(15-9-24-10-34-15)6-12(13-8-25-17-5-16(23)30-31(17)18(13)21)20(33)29-11-4-14(22)19(26-7-11)32-27-2-3-28-32/h2-5,7-10,12H,6H2,1H3,(H,29,33)/t12-,21+/m0/s1. The number of carbonyl (C=O) groups excluding carboxylic acids is 1. The summed E-state index contributed by atoms with van der Waals surface area (Å²) in [5.41, 5.74) is 3.34. The Labute approximate surface area is 200 Å². The van der Waals surface area contributed by atoms with Crippen LogP contribution < -0.4 is 5.32 Å². The summed E-state index contributed by atoms with van der Waals surface area (Å²) in [6.07, 6.45) is 8.36. The van der Waals surface area contributed by atoms with Gasteiger partial charge in [0.25, 0.3) is 0 Å². The average Bonchev–Trinajstić information content (AvgIpc) is 3.60. The van der Waals surface area contributed by atoms with Crippen molar-refractivity contribution in [1.29, 1.82) is 0 Å². The lowest BCUT2D eigenvalue weighted by Gasteiger charge is -2.24. The molecule has 0 saturated carbocycles. The monoisotopic (exact) mass is 495 g/mol. The van der Waals surface area contributed by atoms with E-state index in [4.69, 9.17) is 11.6 Å². The molecule has 1 aliphatic rings. The number of nitrogens with zero attached hydrogens (tertiary/aromatic N) is 8. The van der Waals surface area contributed by atoms with E-state index in [1.54, 1.807) is 24.0 Å². The van der Waals surface area contributed by atoms with Crippen LogP contribution in [0.15, 0.2) is 48.6 Å². The fourth-order valence-electron chi connectivity index (χ4n) is 4.48. The summed E-state index contributed by atoms with van der Waals surface area (Å²) in [5, 5.41) is 15.2. The molecule has 0 spiro atoms. The Morgan fingerprint density at radius 2 is 2.06 bits per heavy atom. The van der Waals surface area contributed by atoms with Gasteiger partial charge in [0, 0.05) is 34.3 Å². The van der Waals surface area contributed by atoms with Gasteiger partial charge in [0.1, 0.15) is 0 Å². The van der Waals surface area contributed by atoms with Gasteiger partial charge >= 0.3 is 0 Å². The Morgan fingerprint density at radius 1 is 1.24 bits per heavy atom. The first-order valence-corrected chi connectivity index (χ1v) is 11.5. The Kier molecular flexibility index (Phi) is 4.67. The average molecular weight is 496 g/mol. The van der Waals surface area contributed by atoms with Gasteiger partial charge in [-0.25, -0.2) is 14.5 Å². The van der Waals surface area contributed by atoms with E-state index in [-0.39, 0.29) is 10.9 Å². The fourth-order valence-corrected chi connectivity index (χ4v) is 5.52. The molecule has 10 nitrogen and oxygen atoms in total. The SMILES string of the molecule is C[C@]1(c2cncs2)C[C@H](C(=O)Nc2cnc(-n3nccn3)c(Cl)c2)c2cnc3cc(F)nn3c21. The van der Waals surface area contributed by atoms with E-state index in [9.17, 15) is 9.18 Å². The molecule has 0 radical (unpaired) electrons. The molecule has 5 aromatic heterocycles. The molecule has 1 amide bonds. The van der Waals surface area contributed by atoms with E-state index in [0.29, 0.717) is 29.1 Å². The Bertz CT molecular complexity index is 1540. The van der Waals surface area contributed by atoms with Crippen molar-refractivity contribution in [3.8, 4) is 5.82 Å². The maximum absolute atomic E-state index is 14.0. The van der Waals surface area contributed by atoms with Gasteiger partial charge in [-0.3, -0.25) is 9.78 Å². The van der Waals surface area contributed by atoms with Crippen molar-refractivity contribution in [3.05, 3.63) is 75.7 Å². The molecule has 2 atom stereocenters. The fraction of sp³-hybridized carbons (Fsp3) is 0.190. The first-order chi connectivity index (χ1) is 16.4. The second-order valence-electron chi connectivity index (χ2n) is 8.09. The van der Waals surface area contributed by atoms with Crippen LogP contribution in [0.2, 0.25) is 5.02 Å². The summed E-state index contributed by atoms with van der Waals surface area (Å²) in [7, 11) is 0. The highest BCUT2D eigenvalue weighted by molar-refractivity contribution is 7.09. The molecule has 34 heavy (non-hydrogen) atoms. The molecule has 5 heterocycles. The van der Waals surface area contributed by atoms with Crippen LogP contribution in [-0.4, -0.2) is 45.5 Å². The highest BCUT2D eigenvalue weighted by Gasteiger charge is 2.48. The van der Waals surface area contributed by atoms with Crippen LogP contribution in [-0.2, 0) is 10.2 Å². The molecule has 0 aromatic carbocycles. The molecule has 1 aliphatic carbocycles. The highest BCUT2D eigenvalue weighted by atomic mass is 35.5. The Balaban J connectivity index is 1.38. The first-order valence-electron chi connectivity index (χ1n) is 10.2. The molecule has 5 aromatic rings. The zero-order valence-corrected chi connectivity index (χ0v) is 19.1. The van der Waals surface area contributed by atoms with Crippen molar-refractivity contribution < 1.29 is 9.18 Å². The molecule has 0 saturated heterocycles. The quantitative estimate of drug-likeness (QED) is 0.406. The summed E-state index contributed by atoms with van der Waals surface area (Å²) in [5.74, 6) is -1.10. The summed E-state index contributed by atoms with van der Waals surface area (Å²) in [6, 6.07) is 2.86. The zero-order valence-electron chi connectivity index (χ0n) is 17.6. The van der Waals surface area contributed by atoms with Gasteiger partial charge in [-0.2, -0.15) is 14.6 Å². The summed E-state index contributed by atoms with van der Waals surface area (Å²) in [6.45, 7) is 2.01. The van der Waals surface area contributed by atoms with Gasteiger partial charge in [-0.15, -0.1) is 21.2 Å². The smallest absolute Gasteiger partial charge is 0.235 e. The predicted octanol–water partition coefficient (Wildman–Crippen LogP) is 3.39. The number of pyridine rings is 1. The van der Waals surface area contributed by atoms with E-state index >= 15 is 0 Å².